The number of aromatic carboxylic acids is 1. The first-order chi connectivity index (χ1) is 18.2. The number of carbonyl (C=O) groups excluding carboxylic acids is 4. The van der Waals surface area contributed by atoms with Crippen LogP contribution in [0.3, 0.4) is 0 Å². The molecule has 0 bridgehead atoms. The minimum atomic E-state index is -1.15. The zero-order valence-electron chi connectivity index (χ0n) is 19.4. The lowest BCUT2D eigenvalue weighted by molar-refractivity contribution is -0.132. The van der Waals surface area contributed by atoms with Crippen LogP contribution in [-0.2, 0) is 4.79 Å². The molecule has 6 rings (SSSR count). The number of hydrogen-bond donors (Lipinski definition) is 2. The first-order valence-corrected chi connectivity index (χ1v) is 11.5. The van der Waals surface area contributed by atoms with Crippen LogP contribution in [0.4, 0.5) is 5.69 Å². The summed E-state index contributed by atoms with van der Waals surface area (Å²) in [6, 6.07) is 10.4. The van der Waals surface area contributed by atoms with Gasteiger partial charge in [0.25, 0.3) is 23.6 Å². The Morgan fingerprint density at radius 3 is 1.61 bits per heavy atom. The van der Waals surface area contributed by atoms with Gasteiger partial charge in [0.15, 0.2) is 0 Å². The smallest absolute Gasteiger partial charge is 0.335 e. The van der Waals surface area contributed by atoms with Gasteiger partial charge < -0.3 is 10.2 Å². The maximum absolute atomic E-state index is 13.5. The molecule has 2 N–H and O–H groups in total. The number of rotatable bonds is 4. The predicted molar refractivity (Wildman–Crippen MR) is 132 cm³/mol. The Bertz CT molecular complexity index is 1660. The summed E-state index contributed by atoms with van der Waals surface area (Å²) in [4.78, 5) is 78.3. The molecule has 3 aliphatic rings. The maximum atomic E-state index is 13.5. The molecule has 3 aromatic rings. The van der Waals surface area contributed by atoms with Crippen molar-refractivity contribution in [2.24, 2.45) is 0 Å². The van der Waals surface area contributed by atoms with Crippen LogP contribution in [-0.4, -0.2) is 56.7 Å². The van der Waals surface area contributed by atoms with Crippen molar-refractivity contribution in [3.8, 4) is 0 Å². The second-order valence-corrected chi connectivity index (χ2v) is 8.98. The Morgan fingerprint density at radius 2 is 1.18 bits per heavy atom. The number of aliphatic carboxylic acids is 1. The molecule has 2 heterocycles. The second-order valence-electron chi connectivity index (χ2n) is 8.98. The molecule has 0 radical (unpaired) electrons. The average Bonchev–Trinajstić information content (AvgIpc) is 2.91. The van der Waals surface area contributed by atoms with Gasteiger partial charge in [-0.15, -0.1) is 0 Å². The number of carboxylic acids is 2. The molecule has 0 fully saturated rings. The number of carbonyl (C=O) groups is 6. The largest absolute Gasteiger partial charge is 0.478 e. The van der Waals surface area contributed by atoms with Gasteiger partial charge in [0.05, 0.1) is 22.9 Å². The number of amides is 4. The highest BCUT2D eigenvalue weighted by molar-refractivity contribution is 6.39. The standard InChI is InChI=1S/C28H16N2O8/c31-23-17-9-11-19-22-20(26(34)30(25(19)33)16-7-3-14(4-8-16)28(37)38)12-10-18(21(17)22)24(32)29(23)15-5-1-13(2-6-15)27(35)36/h1-7,9-12,16H,8H2,(H,35,36)(H,37,38). The summed E-state index contributed by atoms with van der Waals surface area (Å²) in [5, 5.41) is 18.7. The lowest BCUT2D eigenvalue weighted by atomic mass is 9.85. The van der Waals surface area contributed by atoms with Crippen LogP contribution < -0.4 is 4.90 Å². The molecule has 186 valence electrons. The van der Waals surface area contributed by atoms with E-state index in [9.17, 15) is 33.9 Å². The molecule has 2 aliphatic heterocycles. The molecule has 4 amide bonds. The van der Waals surface area contributed by atoms with Crippen LogP contribution >= 0.6 is 0 Å². The Hall–Kier alpha value is -5.38. The first-order valence-electron chi connectivity index (χ1n) is 11.5. The Morgan fingerprint density at radius 1 is 0.684 bits per heavy atom. The van der Waals surface area contributed by atoms with E-state index in [0.29, 0.717) is 0 Å². The van der Waals surface area contributed by atoms with Gasteiger partial charge in [-0.05, 0) is 61.0 Å². The van der Waals surface area contributed by atoms with E-state index in [1.54, 1.807) is 0 Å². The highest BCUT2D eigenvalue weighted by Gasteiger charge is 2.42. The van der Waals surface area contributed by atoms with E-state index in [1.165, 1.54) is 66.8 Å². The van der Waals surface area contributed by atoms with Gasteiger partial charge in [-0.1, -0.05) is 12.2 Å². The summed E-state index contributed by atoms with van der Waals surface area (Å²) in [5.74, 6) is -4.82. The number of hydrogen-bond acceptors (Lipinski definition) is 6. The Kier molecular flexibility index (Phi) is 4.89. The molecule has 1 atom stereocenters. The zero-order valence-corrected chi connectivity index (χ0v) is 19.4. The number of nitrogens with zero attached hydrogens (tertiary/aromatic N) is 2. The van der Waals surface area contributed by atoms with Gasteiger partial charge in [-0.3, -0.25) is 24.1 Å². The van der Waals surface area contributed by atoms with Gasteiger partial charge in [-0.2, -0.15) is 0 Å². The van der Waals surface area contributed by atoms with Crippen LogP contribution in [0.1, 0.15) is 58.2 Å². The second kappa shape index (κ2) is 8.07. The fourth-order valence-electron chi connectivity index (χ4n) is 5.14. The Balaban J connectivity index is 1.44. The van der Waals surface area contributed by atoms with E-state index in [2.05, 4.69) is 0 Å². The molecule has 1 unspecified atom stereocenters. The first kappa shape index (κ1) is 23.0. The summed E-state index contributed by atoms with van der Waals surface area (Å²) >= 11 is 0. The van der Waals surface area contributed by atoms with Gasteiger partial charge in [0, 0.05) is 33.0 Å². The molecular formula is C28H16N2O8. The zero-order chi connectivity index (χ0) is 26.9. The fraction of sp³-hybridized carbons (Fsp3) is 0.0714. The van der Waals surface area contributed by atoms with Crippen molar-refractivity contribution in [2.45, 2.75) is 12.5 Å². The van der Waals surface area contributed by atoms with Crippen molar-refractivity contribution in [3.05, 3.63) is 100 Å². The SMILES string of the molecule is O=C(O)C1=CCC(N2C(=O)c3ccc4c5c(ccc(c35)C2=O)C(=O)N(c2ccc(C(=O)O)cc2)C4=O)C=C1. The van der Waals surface area contributed by atoms with E-state index in [-0.39, 0.29) is 56.3 Å². The van der Waals surface area contributed by atoms with Crippen molar-refractivity contribution in [1.82, 2.24) is 4.90 Å². The third-order valence-corrected chi connectivity index (χ3v) is 6.95. The topological polar surface area (TPSA) is 149 Å². The fourth-order valence-corrected chi connectivity index (χ4v) is 5.14. The van der Waals surface area contributed by atoms with Crippen molar-refractivity contribution in [2.75, 3.05) is 4.90 Å². The highest BCUT2D eigenvalue weighted by atomic mass is 16.4. The molecule has 10 heteroatoms. The molecule has 0 saturated heterocycles. The third kappa shape index (κ3) is 3.13. The van der Waals surface area contributed by atoms with E-state index < -0.39 is 41.6 Å². The van der Waals surface area contributed by atoms with E-state index in [1.807, 2.05) is 0 Å². The maximum Gasteiger partial charge on any atom is 0.335 e. The number of imide groups is 2. The molecule has 1 aliphatic carbocycles. The highest BCUT2D eigenvalue weighted by Crippen LogP contribution is 2.40. The molecule has 0 saturated carbocycles. The van der Waals surface area contributed by atoms with Gasteiger partial charge in [-0.25, -0.2) is 14.5 Å². The quantitative estimate of drug-likeness (QED) is 0.510. The molecule has 0 spiro atoms. The van der Waals surface area contributed by atoms with Crippen LogP contribution in [0, 0.1) is 0 Å². The molecule has 10 nitrogen and oxygen atoms in total. The lowest BCUT2D eigenvalue weighted by Crippen LogP contribution is -2.47. The van der Waals surface area contributed by atoms with Gasteiger partial charge in [0.1, 0.15) is 0 Å². The van der Waals surface area contributed by atoms with Crippen LogP contribution in [0.5, 0.6) is 0 Å². The predicted octanol–water partition coefficient (Wildman–Crippen LogP) is 3.27. The normalized spacial score (nSPS) is 18.2. The molecule has 3 aromatic carbocycles. The minimum Gasteiger partial charge on any atom is -0.478 e. The van der Waals surface area contributed by atoms with E-state index in [4.69, 9.17) is 5.11 Å². The van der Waals surface area contributed by atoms with Crippen molar-refractivity contribution in [3.63, 3.8) is 0 Å². The lowest BCUT2D eigenvalue weighted by Gasteiger charge is -2.35. The van der Waals surface area contributed by atoms with Gasteiger partial charge >= 0.3 is 11.9 Å². The third-order valence-electron chi connectivity index (χ3n) is 6.95. The van der Waals surface area contributed by atoms with Crippen molar-refractivity contribution >= 4 is 52.0 Å². The van der Waals surface area contributed by atoms with Gasteiger partial charge in [0.2, 0.25) is 0 Å². The van der Waals surface area contributed by atoms with Crippen LogP contribution in [0.2, 0.25) is 0 Å². The number of carboxylic acid groups (broad SMARTS) is 2. The minimum absolute atomic E-state index is 0.00588. The summed E-state index contributed by atoms with van der Waals surface area (Å²) in [7, 11) is 0. The Labute approximate surface area is 213 Å². The summed E-state index contributed by atoms with van der Waals surface area (Å²) < 4.78 is 0. The average molecular weight is 508 g/mol. The monoisotopic (exact) mass is 508 g/mol. The summed E-state index contributed by atoms with van der Waals surface area (Å²) in [6.07, 6.45) is 4.42. The van der Waals surface area contributed by atoms with Crippen molar-refractivity contribution < 1.29 is 39.0 Å². The van der Waals surface area contributed by atoms with Crippen LogP contribution in [0.15, 0.2) is 72.3 Å². The summed E-state index contributed by atoms with van der Waals surface area (Å²) in [5.41, 5.74) is 0.805. The molecule has 0 aromatic heterocycles. The number of anilines is 1. The van der Waals surface area contributed by atoms with Crippen LogP contribution in [0.25, 0.3) is 10.8 Å². The van der Waals surface area contributed by atoms with E-state index in [0.717, 1.165) is 9.80 Å². The van der Waals surface area contributed by atoms with Crippen molar-refractivity contribution in [1.29, 1.82) is 0 Å². The van der Waals surface area contributed by atoms with E-state index >= 15 is 0 Å². The molecular weight excluding hydrogens is 492 g/mol. The molecule has 38 heavy (non-hydrogen) atoms. The number of benzene rings is 3. The summed E-state index contributed by atoms with van der Waals surface area (Å²) in [6.45, 7) is 0.